The van der Waals surface area contributed by atoms with E-state index < -0.39 is 6.10 Å². The lowest BCUT2D eigenvalue weighted by Gasteiger charge is -2.25. The number of Topliss-reactive ketones (excluding diaryl/α,β-unsaturated/α-hetero) is 1. The maximum Gasteiger partial charge on any atom is 0.261 e. The normalized spacial score (nSPS) is 14.7. The van der Waals surface area contributed by atoms with Gasteiger partial charge in [0.25, 0.3) is 5.89 Å². The molecule has 3 aromatic carbocycles. The Morgan fingerprint density at radius 1 is 0.871 bits per heavy atom. The Labute approximate surface area is 178 Å². The molecule has 0 aliphatic carbocycles. The van der Waals surface area contributed by atoms with Crippen LogP contribution in [0.1, 0.15) is 34.3 Å². The largest absolute Gasteiger partial charge is 0.508 e. The third-order valence-corrected chi connectivity index (χ3v) is 4.77. The standard InChI is InChI=1S/C15H12O3.C9H8N2O2/c16-12-7-3-1-5-10(12)15-9-13(17)11-6-2-4-8-14(11)18-15;1-6-10-9(13-11-6)7-4-2-3-5-8(7)12/h1-8,15-16H,9H2;2-5,12H,1H3. The van der Waals surface area contributed by atoms with Crippen molar-refractivity contribution >= 4 is 5.78 Å². The van der Waals surface area contributed by atoms with Gasteiger partial charge in [0.1, 0.15) is 23.4 Å². The fraction of sp³-hybridized carbons (Fsp3) is 0.125. The van der Waals surface area contributed by atoms with Crippen molar-refractivity contribution in [2.24, 2.45) is 0 Å². The number of carbonyl (C=O) groups excluding carboxylic acids is 1. The van der Waals surface area contributed by atoms with Crippen LogP contribution in [0.25, 0.3) is 11.5 Å². The summed E-state index contributed by atoms with van der Waals surface area (Å²) in [4.78, 5) is 16.0. The molecule has 0 radical (unpaired) electrons. The molecule has 2 N–H and O–H groups in total. The average Bonchev–Trinajstić information content (AvgIpc) is 3.21. The maximum absolute atomic E-state index is 12.0. The summed E-state index contributed by atoms with van der Waals surface area (Å²) in [5.41, 5.74) is 1.83. The molecule has 1 aromatic heterocycles. The minimum atomic E-state index is -0.409. The van der Waals surface area contributed by atoms with Crippen LogP contribution in [0.2, 0.25) is 0 Å². The van der Waals surface area contributed by atoms with Gasteiger partial charge in [0.15, 0.2) is 11.6 Å². The van der Waals surface area contributed by atoms with Gasteiger partial charge in [0, 0.05) is 5.56 Å². The zero-order chi connectivity index (χ0) is 21.8. The summed E-state index contributed by atoms with van der Waals surface area (Å²) in [5, 5.41) is 22.9. The Balaban J connectivity index is 0.000000158. The van der Waals surface area contributed by atoms with Crippen molar-refractivity contribution < 1.29 is 24.3 Å². The molecule has 156 valence electrons. The molecule has 0 saturated heterocycles. The van der Waals surface area contributed by atoms with E-state index in [-0.39, 0.29) is 23.7 Å². The Hall–Kier alpha value is -4.13. The van der Waals surface area contributed by atoms with Crippen LogP contribution in [-0.4, -0.2) is 26.1 Å². The summed E-state index contributed by atoms with van der Waals surface area (Å²) >= 11 is 0. The van der Waals surface area contributed by atoms with Crippen molar-refractivity contribution in [3.05, 3.63) is 89.7 Å². The van der Waals surface area contributed by atoms with Crippen LogP contribution >= 0.6 is 0 Å². The summed E-state index contributed by atoms with van der Waals surface area (Å²) in [7, 11) is 0. The zero-order valence-corrected chi connectivity index (χ0v) is 16.7. The van der Waals surface area contributed by atoms with Crippen molar-refractivity contribution in [3.8, 4) is 28.7 Å². The fourth-order valence-electron chi connectivity index (χ4n) is 3.27. The molecule has 0 spiro atoms. The zero-order valence-electron chi connectivity index (χ0n) is 16.7. The first-order valence-electron chi connectivity index (χ1n) is 9.68. The number of hydrogen-bond acceptors (Lipinski definition) is 7. The average molecular weight is 416 g/mol. The van der Waals surface area contributed by atoms with Gasteiger partial charge in [0.05, 0.1) is 17.5 Å². The van der Waals surface area contributed by atoms with Gasteiger partial charge in [-0.15, -0.1) is 0 Å². The molecular formula is C24H20N2O5. The highest BCUT2D eigenvalue weighted by Crippen LogP contribution is 2.37. The lowest BCUT2D eigenvalue weighted by molar-refractivity contribution is 0.0847. The van der Waals surface area contributed by atoms with E-state index in [4.69, 9.17) is 9.26 Å². The van der Waals surface area contributed by atoms with Gasteiger partial charge in [-0.05, 0) is 37.3 Å². The number of benzene rings is 3. The Morgan fingerprint density at radius 3 is 2.19 bits per heavy atom. The molecule has 0 fully saturated rings. The van der Waals surface area contributed by atoms with Crippen molar-refractivity contribution in [3.63, 3.8) is 0 Å². The summed E-state index contributed by atoms with van der Waals surface area (Å²) < 4.78 is 10.7. The summed E-state index contributed by atoms with van der Waals surface area (Å²) in [6, 6.07) is 21.0. The Kier molecular flexibility index (Phi) is 5.66. The number of hydrogen-bond donors (Lipinski definition) is 2. The van der Waals surface area contributed by atoms with E-state index in [9.17, 15) is 15.0 Å². The summed E-state index contributed by atoms with van der Waals surface area (Å²) in [6.45, 7) is 1.73. The van der Waals surface area contributed by atoms with E-state index in [0.29, 0.717) is 34.2 Å². The molecule has 0 bridgehead atoms. The van der Waals surface area contributed by atoms with Gasteiger partial charge in [-0.2, -0.15) is 4.98 Å². The molecule has 31 heavy (non-hydrogen) atoms. The number of ketones is 1. The van der Waals surface area contributed by atoms with Crippen LogP contribution < -0.4 is 4.74 Å². The third-order valence-electron chi connectivity index (χ3n) is 4.77. The van der Waals surface area contributed by atoms with Crippen molar-refractivity contribution in [1.29, 1.82) is 0 Å². The van der Waals surface area contributed by atoms with Gasteiger partial charge in [-0.1, -0.05) is 47.6 Å². The Bertz CT molecular complexity index is 1220. The SMILES string of the molecule is Cc1noc(-c2ccccc2O)n1.O=C1CC(c2ccccc2O)Oc2ccccc21. The molecular weight excluding hydrogens is 396 g/mol. The fourth-order valence-corrected chi connectivity index (χ4v) is 3.27. The number of aryl methyl sites for hydroxylation is 1. The molecule has 0 amide bonds. The second-order valence-corrected chi connectivity index (χ2v) is 6.95. The molecule has 4 aromatic rings. The highest BCUT2D eigenvalue weighted by Gasteiger charge is 2.28. The van der Waals surface area contributed by atoms with Gasteiger partial charge >= 0.3 is 0 Å². The van der Waals surface area contributed by atoms with E-state index in [2.05, 4.69) is 10.1 Å². The number of fused-ring (bicyclic) bond motifs is 1. The Morgan fingerprint density at radius 2 is 1.52 bits per heavy atom. The number of aromatic hydroxyl groups is 2. The van der Waals surface area contributed by atoms with E-state index in [1.165, 1.54) is 0 Å². The third kappa shape index (κ3) is 4.40. The number of ether oxygens (including phenoxy) is 1. The smallest absolute Gasteiger partial charge is 0.261 e. The molecule has 7 heteroatoms. The minimum Gasteiger partial charge on any atom is -0.508 e. The maximum atomic E-state index is 12.0. The number of aromatic nitrogens is 2. The predicted octanol–water partition coefficient (Wildman–Crippen LogP) is 4.85. The number of phenols is 2. The first kappa shape index (κ1) is 20.2. The van der Waals surface area contributed by atoms with Gasteiger partial charge in [-0.25, -0.2) is 0 Å². The number of rotatable bonds is 2. The predicted molar refractivity (Wildman–Crippen MR) is 113 cm³/mol. The quantitative estimate of drug-likeness (QED) is 0.481. The van der Waals surface area contributed by atoms with E-state index in [0.717, 1.165) is 0 Å². The molecule has 1 unspecified atom stereocenters. The summed E-state index contributed by atoms with van der Waals surface area (Å²) in [5.74, 6) is 1.83. The van der Waals surface area contributed by atoms with Crippen molar-refractivity contribution in [2.75, 3.05) is 0 Å². The number of nitrogens with zero attached hydrogens (tertiary/aromatic N) is 2. The lowest BCUT2D eigenvalue weighted by Crippen LogP contribution is -2.20. The number of para-hydroxylation sites is 3. The molecule has 1 aliphatic rings. The second-order valence-electron chi connectivity index (χ2n) is 6.95. The van der Waals surface area contributed by atoms with Gasteiger partial charge < -0.3 is 19.5 Å². The second kappa shape index (κ2) is 8.71. The van der Waals surface area contributed by atoms with Gasteiger partial charge in [0.2, 0.25) is 0 Å². The van der Waals surface area contributed by atoms with Crippen LogP contribution in [0.15, 0.2) is 77.3 Å². The van der Waals surface area contributed by atoms with Crippen LogP contribution in [0.3, 0.4) is 0 Å². The number of phenolic OH excluding ortho intramolecular Hbond substituents is 2. The minimum absolute atomic E-state index is 0.0464. The first-order valence-corrected chi connectivity index (χ1v) is 9.68. The molecule has 2 heterocycles. The molecule has 7 nitrogen and oxygen atoms in total. The van der Waals surface area contributed by atoms with Gasteiger partial charge in [-0.3, -0.25) is 4.79 Å². The van der Waals surface area contributed by atoms with E-state index in [1.54, 1.807) is 61.5 Å². The number of carbonyl (C=O) groups is 1. The molecule has 5 rings (SSSR count). The molecule has 1 aliphatic heterocycles. The molecule has 0 saturated carbocycles. The van der Waals surface area contributed by atoms with Crippen LogP contribution in [0.5, 0.6) is 17.2 Å². The van der Waals surface area contributed by atoms with E-state index >= 15 is 0 Å². The van der Waals surface area contributed by atoms with E-state index in [1.807, 2.05) is 18.2 Å². The van der Waals surface area contributed by atoms with Crippen LogP contribution in [0.4, 0.5) is 0 Å². The topological polar surface area (TPSA) is 106 Å². The highest BCUT2D eigenvalue weighted by atomic mass is 16.5. The monoisotopic (exact) mass is 416 g/mol. The van der Waals surface area contributed by atoms with Crippen molar-refractivity contribution in [2.45, 2.75) is 19.4 Å². The van der Waals surface area contributed by atoms with Crippen molar-refractivity contribution in [1.82, 2.24) is 10.1 Å². The lowest BCUT2D eigenvalue weighted by atomic mass is 9.96. The first-order chi connectivity index (χ1) is 15.0. The van der Waals surface area contributed by atoms with Crippen LogP contribution in [-0.2, 0) is 0 Å². The molecule has 1 atom stereocenters. The van der Waals surface area contributed by atoms with Crippen LogP contribution in [0, 0.1) is 6.92 Å². The highest BCUT2D eigenvalue weighted by molar-refractivity contribution is 6.00. The summed E-state index contributed by atoms with van der Waals surface area (Å²) in [6.07, 6.45) is -0.150.